The molecule has 2 heterocycles. The maximum Gasteiger partial charge on any atom is 0.273 e. The summed E-state index contributed by atoms with van der Waals surface area (Å²) in [4.78, 5) is 19.6. The molecule has 2 aromatic rings. The van der Waals surface area contributed by atoms with Gasteiger partial charge in [0.1, 0.15) is 5.69 Å². The minimum atomic E-state index is -0.0537. The molecule has 0 unspecified atom stereocenters. The molecule has 0 aliphatic rings. The molecular weight excluding hydrogens is 272 g/mol. The number of rotatable bonds is 5. The zero-order valence-electron chi connectivity index (χ0n) is 12.0. The highest BCUT2D eigenvalue weighted by atomic mass is 32.1. The van der Waals surface area contributed by atoms with Crippen molar-refractivity contribution >= 4 is 17.2 Å². The molecule has 5 heteroatoms. The molecule has 0 fully saturated rings. The second-order valence-electron chi connectivity index (χ2n) is 4.68. The first kappa shape index (κ1) is 14.5. The lowest BCUT2D eigenvalue weighted by Crippen LogP contribution is -2.32. The van der Waals surface area contributed by atoms with Gasteiger partial charge in [-0.05, 0) is 32.9 Å². The fourth-order valence-electron chi connectivity index (χ4n) is 1.90. The maximum atomic E-state index is 12.5. The Hall–Kier alpha value is -1.88. The van der Waals surface area contributed by atoms with Crippen LogP contribution in [0.25, 0.3) is 10.8 Å². The van der Waals surface area contributed by atoms with Crippen LogP contribution < -0.4 is 0 Å². The summed E-state index contributed by atoms with van der Waals surface area (Å²) in [5, 5.41) is 0.738. The molecule has 20 heavy (non-hydrogen) atoms. The Morgan fingerprint density at radius 1 is 1.55 bits per heavy atom. The molecule has 0 aliphatic heterocycles. The van der Waals surface area contributed by atoms with Crippen LogP contribution in [0.5, 0.6) is 0 Å². The molecule has 1 amide bonds. The smallest absolute Gasteiger partial charge is 0.273 e. The molecule has 0 radical (unpaired) electrons. The predicted octanol–water partition coefficient (Wildman–Crippen LogP) is 3.75. The highest BCUT2D eigenvalue weighted by Crippen LogP contribution is 2.28. The summed E-state index contributed by atoms with van der Waals surface area (Å²) in [7, 11) is 0. The highest BCUT2D eigenvalue weighted by Gasteiger charge is 2.21. The molecule has 0 spiro atoms. The average molecular weight is 290 g/mol. The number of nitrogens with zero attached hydrogens (tertiary/aromatic N) is 2. The minimum absolute atomic E-state index is 0.0537. The summed E-state index contributed by atoms with van der Waals surface area (Å²) in [6.45, 7) is 10.8. The van der Waals surface area contributed by atoms with E-state index in [-0.39, 0.29) is 5.91 Å². The molecule has 0 aromatic carbocycles. The van der Waals surface area contributed by atoms with Crippen molar-refractivity contribution in [2.75, 3.05) is 13.1 Å². The van der Waals surface area contributed by atoms with Crippen molar-refractivity contribution in [2.24, 2.45) is 0 Å². The van der Waals surface area contributed by atoms with Gasteiger partial charge < -0.3 is 9.32 Å². The number of carbonyl (C=O) groups excluding carboxylic acids is 1. The van der Waals surface area contributed by atoms with Gasteiger partial charge in [-0.15, -0.1) is 11.3 Å². The number of hydrogen-bond donors (Lipinski definition) is 0. The Kier molecular flexibility index (Phi) is 4.39. The summed E-state index contributed by atoms with van der Waals surface area (Å²) in [5.41, 5.74) is 1.46. The van der Waals surface area contributed by atoms with Crippen LogP contribution in [-0.4, -0.2) is 28.9 Å². The molecule has 0 N–H and O–H groups in total. The van der Waals surface area contributed by atoms with Crippen LogP contribution in [0, 0.1) is 6.92 Å². The van der Waals surface area contributed by atoms with Crippen molar-refractivity contribution in [1.82, 2.24) is 9.88 Å². The van der Waals surface area contributed by atoms with Gasteiger partial charge in [0.05, 0.1) is 6.26 Å². The van der Waals surface area contributed by atoms with E-state index in [1.807, 2.05) is 32.9 Å². The van der Waals surface area contributed by atoms with Crippen LogP contribution >= 0.6 is 11.3 Å². The van der Waals surface area contributed by atoms with E-state index in [1.165, 1.54) is 11.3 Å². The molecule has 0 aliphatic carbocycles. The van der Waals surface area contributed by atoms with Crippen LogP contribution in [0.3, 0.4) is 0 Å². The fourth-order valence-corrected chi connectivity index (χ4v) is 2.78. The zero-order valence-corrected chi connectivity index (χ0v) is 12.8. The Bertz CT molecular complexity index is 614. The zero-order chi connectivity index (χ0) is 14.7. The van der Waals surface area contributed by atoms with E-state index in [0.717, 1.165) is 15.5 Å². The summed E-state index contributed by atoms with van der Waals surface area (Å²) in [6.07, 6.45) is 1.60. The summed E-state index contributed by atoms with van der Waals surface area (Å²) in [6, 6.07) is 3.66. The first-order valence-corrected chi connectivity index (χ1v) is 7.29. The molecular formula is C15H18N2O2S. The third-order valence-corrected chi connectivity index (χ3v) is 3.85. The molecule has 2 aromatic heterocycles. The predicted molar refractivity (Wildman–Crippen MR) is 80.9 cm³/mol. The summed E-state index contributed by atoms with van der Waals surface area (Å²) >= 11 is 1.47. The van der Waals surface area contributed by atoms with Crippen molar-refractivity contribution in [1.29, 1.82) is 0 Å². The Labute approximate surface area is 122 Å². The third kappa shape index (κ3) is 2.99. The lowest BCUT2D eigenvalue weighted by molar-refractivity contribution is 0.0772. The van der Waals surface area contributed by atoms with E-state index < -0.39 is 0 Å². The monoisotopic (exact) mass is 290 g/mol. The van der Waals surface area contributed by atoms with Crippen LogP contribution in [-0.2, 0) is 0 Å². The Morgan fingerprint density at radius 2 is 2.30 bits per heavy atom. The van der Waals surface area contributed by atoms with Crippen LogP contribution in [0.1, 0.15) is 29.2 Å². The molecule has 0 bridgehead atoms. The van der Waals surface area contributed by atoms with E-state index in [9.17, 15) is 4.79 Å². The highest BCUT2D eigenvalue weighted by molar-refractivity contribution is 7.15. The first-order chi connectivity index (χ1) is 9.52. The van der Waals surface area contributed by atoms with Crippen molar-refractivity contribution in [2.45, 2.75) is 20.8 Å². The number of aryl methyl sites for hydroxylation is 1. The van der Waals surface area contributed by atoms with E-state index >= 15 is 0 Å². The second-order valence-corrected chi connectivity index (χ2v) is 5.88. The van der Waals surface area contributed by atoms with Gasteiger partial charge in [0, 0.05) is 18.0 Å². The average Bonchev–Trinajstić information content (AvgIpc) is 3.03. The van der Waals surface area contributed by atoms with E-state index in [4.69, 9.17) is 4.42 Å². The van der Waals surface area contributed by atoms with Gasteiger partial charge in [-0.25, -0.2) is 4.98 Å². The summed E-state index contributed by atoms with van der Waals surface area (Å²) < 4.78 is 5.33. The van der Waals surface area contributed by atoms with Crippen molar-refractivity contribution in [3.05, 3.63) is 41.1 Å². The quantitative estimate of drug-likeness (QED) is 0.788. The van der Waals surface area contributed by atoms with Crippen molar-refractivity contribution < 1.29 is 9.21 Å². The lowest BCUT2D eigenvalue weighted by Gasteiger charge is -2.20. The fraction of sp³-hybridized carbons (Fsp3) is 0.333. The standard InChI is InChI=1S/C15H18N2O2S/c1-5-17(9-10(2)3)15(18)13-11(4)20-14(16-13)12-7-6-8-19-12/h6-8H,2,5,9H2,1,3-4H3. The van der Waals surface area contributed by atoms with Gasteiger partial charge in [-0.1, -0.05) is 12.2 Å². The number of likely N-dealkylation sites (N-methyl/N-ethyl adjacent to an activating group) is 1. The number of aromatic nitrogens is 1. The Balaban J connectivity index is 2.28. The third-order valence-electron chi connectivity index (χ3n) is 2.86. The van der Waals surface area contributed by atoms with E-state index in [2.05, 4.69) is 11.6 Å². The maximum absolute atomic E-state index is 12.5. The molecule has 2 rings (SSSR count). The SMILES string of the molecule is C=C(C)CN(CC)C(=O)c1nc(-c2ccco2)sc1C. The van der Waals surface area contributed by atoms with Gasteiger partial charge in [0.15, 0.2) is 10.8 Å². The molecule has 0 saturated heterocycles. The van der Waals surface area contributed by atoms with Crippen LogP contribution in [0.4, 0.5) is 0 Å². The van der Waals surface area contributed by atoms with Gasteiger partial charge in [0.25, 0.3) is 5.91 Å². The van der Waals surface area contributed by atoms with Gasteiger partial charge in [0.2, 0.25) is 0 Å². The minimum Gasteiger partial charge on any atom is -0.462 e. The topological polar surface area (TPSA) is 46.3 Å². The molecule has 4 nitrogen and oxygen atoms in total. The van der Waals surface area contributed by atoms with Gasteiger partial charge >= 0.3 is 0 Å². The van der Waals surface area contributed by atoms with Crippen molar-refractivity contribution in [3.8, 4) is 10.8 Å². The first-order valence-electron chi connectivity index (χ1n) is 6.48. The molecule has 0 saturated carbocycles. The van der Waals surface area contributed by atoms with E-state index in [0.29, 0.717) is 24.5 Å². The lowest BCUT2D eigenvalue weighted by atomic mass is 10.2. The summed E-state index contributed by atoms with van der Waals surface area (Å²) in [5.74, 6) is 0.641. The normalized spacial score (nSPS) is 10.6. The van der Waals surface area contributed by atoms with E-state index in [1.54, 1.807) is 11.2 Å². The largest absolute Gasteiger partial charge is 0.462 e. The van der Waals surface area contributed by atoms with Crippen LogP contribution in [0.15, 0.2) is 35.0 Å². The van der Waals surface area contributed by atoms with Crippen LogP contribution in [0.2, 0.25) is 0 Å². The Morgan fingerprint density at radius 3 is 2.85 bits per heavy atom. The molecule has 106 valence electrons. The number of amides is 1. The molecule has 0 atom stereocenters. The number of carbonyl (C=O) groups is 1. The number of hydrogen-bond acceptors (Lipinski definition) is 4. The number of thiazole rings is 1. The van der Waals surface area contributed by atoms with Gasteiger partial charge in [-0.2, -0.15) is 0 Å². The van der Waals surface area contributed by atoms with Crippen molar-refractivity contribution in [3.63, 3.8) is 0 Å². The second kappa shape index (κ2) is 6.05. The number of furan rings is 1. The van der Waals surface area contributed by atoms with Gasteiger partial charge in [-0.3, -0.25) is 4.79 Å².